The van der Waals surface area contributed by atoms with Gasteiger partial charge in [-0.25, -0.2) is 4.98 Å². The first-order valence-corrected chi connectivity index (χ1v) is 7.83. The largest absolute Gasteiger partial charge is 0.549 e. The van der Waals surface area contributed by atoms with Crippen LogP contribution in [0, 0.1) is 0 Å². The summed E-state index contributed by atoms with van der Waals surface area (Å²) in [6.45, 7) is 5.92. The first-order chi connectivity index (χ1) is 9.56. The molecular formula is C13H13N2O3S2-. The zero-order valence-electron chi connectivity index (χ0n) is 10.9. The summed E-state index contributed by atoms with van der Waals surface area (Å²) in [6, 6.07) is 1.85. The van der Waals surface area contributed by atoms with Gasteiger partial charge in [0.25, 0.3) is 5.56 Å². The highest BCUT2D eigenvalue weighted by molar-refractivity contribution is 7.99. The third kappa shape index (κ3) is 2.94. The smallest absolute Gasteiger partial charge is 0.263 e. The van der Waals surface area contributed by atoms with Crippen molar-refractivity contribution in [3.63, 3.8) is 0 Å². The molecule has 0 spiro atoms. The van der Waals surface area contributed by atoms with Crippen LogP contribution in [0.2, 0.25) is 0 Å². The van der Waals surface area contributed by atoms with Crippen LogP contribution in [-0.4, -0.2) is 21.3 Å². The molecule has 5 nitrogen and oxygen atoms in total. The fourth-order valence-electron chi connectivity index (χ4n) is 1.75. The van der Waals surface area contributed by atoms with Crippen LogP contribution in [0.25, 0.3) is 10.2 Å². The second-order valence-electron chi connectivity index (χ2n) is 4.04. The molecule has 0 saturated carbocycles. The lowest BCUT2D eigenvalue weighted by Gasteiger charge is -2.09. The van der Waals surface area contributed by atoms with Crippen molar-refractivity contribution in [1.29, 1.82) is 0 Å². The van der Waals surface area contributed by atoms with Crippen molar-refractivity contribution in [2.75, 3.05) is 5.75 Å². The zero-order valence-corrected chi connectivity index (χ0v) is 12.6. The molecule has 0 fully saturated rings. The molecule has 0 saturated heterocycles. The van der Waals surface area contributed by atoms with Gasteiger partial charge in [-0.15, -0.1) is 17.9 Å². The molecule has 0 bridgehead atoms. The van der Waals surface area contributed by atoms with Gasteiger partial charge in [-0.3, -0.25) is 9.36 Å². The number of hydrogen-bond donors (Lipinski definition) is 0. The minimum absolute atomic E-state index is 0.160. The fraction of sp³-hybridized carbons (Fsp3) is 0.308. The molecule has 2 aromatic heterocycles. The average molecular weight is 309 g/mol. The Labute approximate surface area is 124 Å². The van der Waals surface area contributed by atoms with E-state index in [4.69, 9.17) is 0 Å². The van der Waals surface area contributed by atoms with E-state index in [9.17, 15) is 14.7 Å². The first-order valence-electron chi connectivity index (χ1n) is 6.03. The predicted octanol–water partition coefficient (Wildman–Crippen LogP) is 1.05. The summed E-state index contributed by atoms with van der Waals surface area (Å²) in [5.41, 5.74) is -0.160. The van der Waals surface area contributed by atoms with Gasteiger partial charge in [-0.1, -0.05) is 24.8 Å². The van der Waals surface area contributed by atoms with Crippen molar-refractivity contribution in [1.82, 2.24) is 9.55 Å². The van der Waals surface area contributed by atoms with Crippen molar-refractivity contribution in [2.45, 2.75) is 25.0 Å². The van der Waals surface area contributed by atoms with Gasteiger partial charge in [0.1, 0.15) is 4.83 Å². The molecule has 7 heteroatoms. The number of hydrogen-bond acceptors (Lipinski definition) is 6. The average Bonchev–Trinajstić information content (AvgIpc) is 2.83. The summed E-state index contributed by atoms with van der Waals surface area (Å²) in [6.07, 6.45) is 2.43. The van der Waals surface area contributed by atoms with Crippen molar-refractivity contribution in [3.05, 3.63) is 34.0 Å². The second-order valence-corrected chi connectivity index (χ2v) is 6.10. The predicted molar refractivity (Wildman–Crippen MR) is 79.2 cm³/mol. The number of carbonyl (C=O) groups is 1. The highest BCUT2D eigenvalue weighted by Crippen LogP contribution is 2.24. The van der Waals surface area contributed by atoms with Crippen LogP contribution >= 0.6 is 23.1 Å². The van der Waals surface area contributed by atoms with E-state index >= 15 is 0 Å². The Morgan fingerprint density at radius 2 is 2.40 bits per heavy atom. The summed E-state index contributed by atoms with van der Waals surface area (Å²) in [4.78, 5) is 29.1. The molecule has 0 radical (unpaired) electrons. The number of carboxylic acids is 1. The van der Waals surface area contributed by atoms with Crippen LogP contribution in [0.1, 0.15) is 11.8 Å². The van der Waals surface area contributed by atoms with Crippen LogP contribution in [0.3, 0.4) is 0 Å². The van der Waals surface area contributed by atoms with Crippen LogP contribution in [-0.2, 0) is 17.8 Å². The first kappa shape index (κ1) is 14.8. The summed E-state index contributed by atoms with van der Waals surface area (Å²) in [7, 11) is 0. The van der Waals surface area contributed by atoms with E-state index in [1.54, 1.807) is 6.08 Å². The van der Waals surface area contributed by atoms with Crippen LogP contribution < -0.4 is 10.7 Å². The summed E-state index contributed by atoms with van der Waals surface area (Å²) < 4.78 is 1.44. The maximum Gasteiger partial charge on any atom is 0.263 e. The molecule has 0 aliphatic carbocycles. The summed E-state index contributed by atoms with van der Waals surface area (Å²) in [5.74, 6) is -1.42. The maximum absolute atomic E-state index is 12.4. The molecular weight excluding hydrogens is 296 g/mol. The Morgan fingerprint density at radius 1 is 1.65 bits per heavy atom. The molecule has 0 aliphatic rings. The van der Waals surface area contributed by atoms with E-state index in [1.165, 1.54) is 15.9 Å². The van der Waals surface area contributed by atoms with Crippen molar-refractivity contribution in [2.24, 2.45) is 0 Å². The molecule has 20 heavy (non-hydrogen) atoms. The molecule has 0 unspecified atom stereocenters. The molecule has 0 aromatic carbocycles. The second kappa shape index (κ2) is 6.23. The topological polar surface area (TPSA) is 75.0 Å². The van der Waals surface area contributed by atoms with Gasteiger partial charge >= 0.3 is 0 Å². The number of aromatic nitrogens is 2. The van der Waals surface area contributed by atoms with Crippen LogP contribution in [0.15, 0.2) is 28.7 Å². The molecule has 0 N–H and O–H groups in total. The van der Waals surface area contributed by atoms with Gasteiger partial charge in [0.15, 0.2) is 5.16 Å². The number of aryl methyl sites for hydroxylation is 1. The SMILES string of the molecule is C=CCn1c(SCC(=O)[O-])nc2sc(CC)cc2c1=O. The van der Waals surface area contributed by atoms with Gasteiger partial charge in [-0.05, 0) is 12.5 Å². The Balaban J connectivity index is 2.58. The zero-order chi connectivity index (χ0) is 14.7. The minimum Gasteiger partial charge on any atom is -0.549 e. The number of thiophene rings is 1. The molecule has 0 amide bonds. The number of fused-ring (bicyclic) bond motifs is 1. The lowest BCUT2D eigenvalue weighted by atomic mass is 10.3. The number of nitrogens with zero attached hydrogens (tertiary/aromatic N) is 2. The fourth-order valence-corrected chi connectivity index (χ4v) is 3.48. The van der Waals surface area contributed by atoms with Crippen molar-refractivity contribution < 1.29 is 9.90 Å². The van der Waals surface area contributed by atoms with Crippen LogP contribution in [0.5, 0.6) is 0 Å². The quantitative estimate of drug-likeness (QED) is 0.453. The Kier molecular flexibility index (Phi) is 4.61. The van der Waals surface area contributed by atoms with Crippen molar-refractivity contribution in [3.8, 4) is 0 Å². The van der Waals surface area contributed by atoms with E-state index in [0.717, 1.165) is 23.1 Å². The molecule has 0 aliphatic heterocycles. The van der Waals surface area contributed by atoms with Gasteiger partial charge in [0, 0.05) is 17.2 Å². The van der Waals surface area contributed by atoms with E-state index in [1.807, 2.05) is 13.0 Å². The number of allylic oxidation sites excluding steroid dienone is 1. The minimum atomic E-state index is -1.19. The van der Waals surface area contributed by atoms with Gasteiger partial charge in [-0.2, -0.15) is 0 Å². The standard InChI is InChI=1S/C13H14N2O3S2/c1-3-5-15-12(18)9-6-8(4-2)20-11(9)14-13(15)19-7-10(16)17/h3,6H,1,4-5,7H2,2H3,(H,16,17)/p-1. The summed E-state index contributed by atoms with van der Waals surface area (Å²) in [5, 5.41) is 11.5. The molecule has 0 atom stereocenters. The Morgan fingerprint density at radius 3 is 3.00 bits per heavy atom. The normalized spacial score (nSPS) is 10.8. The molecule has 2 heterocycles. The summed E-state index contributed by atoms with van der Waals surface area (Å²) >= 11 is 2.45. The lowest BCUT2D eigenvalue weighted by Crippen LogP contribution is -2.26. The van der Waals surface area contributed by atoms with Crippen LogP contribution in [0.4, 0.5) is 0 Å². The highest BCUT2D eigenvalue weighted by Gasteiger charge is 2.13. The number of carbonyl (C=O) groups excluding carboxylic acids is 1. The number of aliphatic carboxylic acids is 1. The molecule has 2 rings (SSSR count). The number of rotatable bonds is 6. The third-order valence-electron chi connectivity index (χ3n) is 2.65. The lowest BCUT2D eigenvalue weighted by molar-refractivity contribution is -0.301. The van der Waals surface area contributed by atoms with Gasteiger partial charge in [0.05, 0.1) is 11.4 Å². The van der Waals surface area contributed by atoms with E-state index in [2.05, 4.69) is 11.6 Å². The van der Waals surface area contributed by atoms with E-state index in [-0.39, 0.29) is 11.3 Å². The number of thioether (sulfide) groups is 1. The van der Waals surface area contributed by atoms with Crippen molar-refractivity contribution >= 4 is 39.3 Å². The molecule has 106 valence electrons. The van der Waals surface area contributed by atoms with E-state index < -0.39 is 5.97 Å². The van der Waals surface area contributed by atoms with Gasteiger partial charge in [0.2, 0.25) is 0 Å². The Hall–Kier alpha value is -1.60. The monoisotopic (exact) mass is 309 g/mol. The van der Waals surface area contributed by atoms with Gasteiger partial charge < -0.3 is 9.90 Å². The number of carboxylic acid groups (broad SMARTS) is 1. The maximum atomic E-state index is 12.4. The van der Waals surface area contributed by atoms with E-state index in [0.29, 0.717) is 21.9 Å². The third-order valence-corrected chi connectivity index (χ3v) is 4.77. The Bertz CT molecular complexity index is 718. The molecule has 2 aromatic rings. The highest BCUT2D eigenvalue weighted by atomic mass is 32.2.